The van der Waals surface area contributed by atoms with Crippen molar-refractivity contribution in [2.75, 3.05) is 0 Å². The number of benzene rings is 2. The van der Waals surface area contributed by atoms with Crippen LogP contribution in [0.5, 0.6) is 0 Å². The van der Waals surface area contributed by atoms with Gasteiger partial charge in [0.2, 0.25) is 0 Å². The predicted molar refractivity (Wildman–Crippen MR) is 112 cm³/mol. The zero-order valence-corrected chi connectivity index (χ0v) is 17.1. The van der Waals surface area contributed by atoms with Crippen LogP contribution in [0.4, 0.5) is 0 Å². The van der Waals surface area contributed by atoms with E-state index in [0.29, 0.717) is 0 Å². The Morgan fingerprint density at radius 1 is 1.00 bits per heavy atom. The van der Waals surface area contributed by atoms with Gasteiger partial charge in [0.25, 0.3) is 0 Å². The minimum absolute atomic E-state index is 0.0226. The van der Waals surface area contributed by atoms with Gasteiger partial charge in [-0.25, -0.2) is 0 Å². The van der Waals surface area contributed by atoms with E-state index in [1.807, 2.05) is 6.07 Å². The second-order valence-corrected chi connectivity index (χ2v) is 9.07. The van der Waals surface area contributed by atoms with Crippen LogP contribution >= 0.6 is 0 Å². The molecule has 26 heavy (non-hydrogen) atoms. The fourth-order valence-electron chi connectivity index (χ4n) is 4.64. The van der Waals surface area contributed by atoms with E-state index in [9.17, 15) is 5.11 Å². The third kappa shape index (κ3) is 3.03. The van der Waals surface area contributed by atoms with Gasteiger partial charge in [-0.15, -0.1) is 0 Å². The summed E-state index contributed by atoms with van der Waals surface area (Å²) in [5.74, 6) is 0. The Labute approximate surface area is 158 Å². The first kappa shape index (κ1) is 18.9. The zero-order chi connectivity index (χ0) is 19.2. The highest BCUT2D eigenvalue weighted by atomic mass is 16.3. The average Bonchev–Trinajstić information content (AvgIpc) is 2.60. The number of aliphatic hydroxyl groups is 1. The lowest BCUT2D eigenvalue weighted by atomic mass is 9.54. The van der Waals surface area contributed by atoms with E-state index >= 15 is 0 Å². The number of hydrogen-bond acceptors (Lipinski definition) is 1. The molecule has 0 spiro atoms. The number of allylic oxidation sites excluding steroid dienone is 1. The molecule has 1 unspecified atom stereocenters. The van der Waals surface area contributed by atoms with E-state index in [1.165, 1.54) is 27.8 Å². The Morgan fingerprint density at radius 2 is 1.65 bits per heavy atom. The lowest BCUT2D eigenvalue weighted by molar-refractivity contribution is -0.0613. The SMILES string of the molecule is CCC1(O)CC(C)(C)c2ccc(/C(C)=C/c3ccccc3)cc2C1(C)C. The summed E-state index contributed by atoms with van der Waals surface area (Å²) in [6.07, 6.45) is 3.80. The van der Waals surface area contributed by atoms with Crippen LogP contribution < -0.4 is 0 Å². The van der Waals surface area contributed by atoms with Crippen molar-refractivity contribution < 1.29 is 5.11 Å². The van der Waals surface area contributed by atoms with Crippen molar-refractivity contribution in [1.82, 2.24) is 0 Å². The molecular weight excluding hydrogens is 316 g/mol. The largest absolute Gasteiger partial charge is 0.389 e. The van der Waals surface area contributed by atoms with Crippen molar-refractivity contribution in [2.45, 2.75) is 70.8 Å². The Hall–Kier alpha value is -1.86. The molecule has 0 aromatic heterocycles. The molecule has 0 saturated heterocycles. The van der Waals surface area contributed by atoms with Crippen LogP contribution in [0.15, 0.2) is 48.5 Å². The third-order valence-corrected chi connectivity index (χ3v) is 6.54. The van der Waals surface area contributed by atoms with Crippen molar-refractivity contribution in [1.29, 1.82) is 0 Å². The second kappa shape index (κ2) is 6.39. The van der Waals surface area contributed by atoms with Gasteiger partial charge in [-0.3, -0.25) is 0 Å². The molecule has 0 saturated carbocycles. The van der Waals surface area contributed by atoms with Crippen LogP contribution in [0, 0.1) is 0 Å². The van der Waals surface area contributed by atoms with Gasteiger partial charge in [0.15, 0.2) is 0 Å². The van der Waals surface area contributed by atoms with Crippen LogP contribution in [0.3, 0.4) is 0 Å². The summed E-state index contributed by atoms with van der Waals surface area (Å²) in [5.41, 5.74) is 5.38. The van der Waals surface area contributed by atoms with E-state index in [1.54, 1.807) is 0 Å². The molecule has 1 N–H and O–H groups in total. The number of hydrogen-bond donors (Lipinski definition) is 1. The summed E-state index contributed by atoms with van der Waals surface area (Å²) in [4.78, 5) is 0. The van der Waals surface area contributed by atoms with E-state index < -0.39 is 5.60 Å². The lowest BCUT2D eigenvalue weighted by Crippen LogP contribution is -2.55. The first-order valence-electron chi connectivity index (χ1n) is 9.72. The highest BCUT2D eigenvalue weighted by Crippen LogP contribution is 2.53. The molecular formula is C25H32O. The molecule has 1 aliphatic carbocycles. The molecule has 0 heterocycles. The van der Waals surface area contributed by atoms with E-state index in [0.717, 1.165) is 12.8 Å². The molecule has 0 aliphatic heterocycles. The molecule has 2 aromatic carbocycles. The standard InChI is InChI=1S/C25H32O/c1-7-25(26)17-23(3,4)21-14-13-20(16-22(21)24(25,5)6)18(2)15-19-11-9-8-10-12-19/h8-16,26H,7,17H2,1-6H3/b18-15+. The fraction of sp³-hybridized carbons (Fsp3) is 0.440. The molecule has 2 aromatic rings. The van der Waals surface area contributed by atoms with E-state index in [2.05, 4.69) is 90.1 Å². The molecule has 1 heteroatoms. The second-order valence-electron chi connectivity index (χ2n) is 9.07. The summed E-state index contributed by atoms with van der Waals surface area (Å²) in [6, 6.07) is 17.3. The summed E-state index contributed by atoms with van der Waals surface area (Å²) < 4.78 is 0. The normalized spacial score (nSPS) is 24.2. The van der Waals surface area contributed by atoms with Crippen LogP contribution in [-0.4, -0.2) is 10.7 Å². The van der Waals surface area contributed by atoms with Gasteiger partial charge in [-0.1, -0.05) is 89.2 Å². The molecule has 1 atom stereocenters. The van der Waals surface area contributed by atoms with Crippen molar-refractivity contribution in [2.24, 2.45) is 0 Å². The van der Waals surface area contributed by atoms with Gasteiger partial charge in [-0.2, -0.15) is 0 Å². The van der Waals surface area contributed by atoms with Crippen molar-refractivity contribution in [3.8, 4) is 0 Å². The summed E-state index contributed by atoms with van der Waals surface area (Å²) in [6.45, 7) is 13.2. The first-order valence-corrected chi connectivity index (χ1v) is 9.72. The summed E-state index contributed by atoms with van der Waals surface area (Å²) in [5, 5.41) is 11.4. The highest BCUT2D eigenvalue weighted by molar-refractivity contribution is 5.80. The van der Waals surface area contributed by atoms with Gasteiger partial charge in [0, 0.05) is 5.41 Å². The predicted octanol–water partition coefficient (Wildman–Crippen LogP) is 6.35. The monoisotopic (exact) mass is 348 g/mol. The van der Waals surface area contributed by atoms with Crippen molar-refractivity contribution in [3.63, 3.8) is 0 Å². The van der Waals surface area contributed by atoms with Crippen molar-refractivity contribution >= 4 is 11.6 Å². The third-order valence-electron chi connectivity index (χ3n) is 6.54. The number of fused-ring (bicyclic) bond motifs is 1. The molecule has 0 radical (unpaired) electrons. The van der Waals surface area contributed by atoms with Gasteiger partial charge in [0.1, 0.15) is 0 Å². The Bertz CT molecular complexity index is 826. The van der Waals surface area contributed by atoms with Crippen LogP contribution in [-0.2, 0) is 10.8 Å². The Morgan fingerprint density at radius 3 is 2.27 bits per heavy atom. The molecule has 0 fully saturated rings. The van der Waals surface area contributed by atoms with Gasteiger partial charge < -0.3 is 5.11 Å². The van der Waals surface area contributed by atoms with Crippen LogP contribution in [0.2, 0.25) is 0 Å². The summed E-state index contributed by atoms with van der Waals surface area (Å²) >= 11 is 0. The Kier molecular flexibility index (Phi) is 4.65. The van der Waals surface area contributed by atoms with Gasteiger partial charge >= 0.3 is 0 Å². The average molecular weight is 349 g/mol. The smallest absolute Gasteiger partial charge is 0.0744 e. The maximum absolute atomic E-state index is 11.4. The molecule has 1 nitrogen and oxygen atoms in total. The van der Waals surface area contributed by atoms with E-state index in [-0.39, 0.29) is 10.8 Å². The summed E-state index contributed by atoms with van der Waals surface area (Å²) in [7, 11) is 0. The maximum Gasteiger partial charge on any atom is 0.0744 e. The topological polar surface area (TPSA) is 20.2 Å². The minimum atomic E-state index is -0.681. The van der Waals surface area contributed by atoms with Gasteiger partial charge in [-0.05, 0) is 53.0 Å². The maximum atomic E-state index is 11.4. The van der Waals surface area contributed by atoms with Crippen molar-refractivity contribution in [3.05, 3.63) is 70.8 Å². The molecule has 138 valence electrons. The van der Waals surface area contributed by atoms with E-state index in [4.69, 9.17) is 0 Å². The zero-order valence-electron chi connectivity index (χ0n) is 17.1. The van der Waals surface area contributed by atoms with Crippen LogP contribution in [0.1, 0.15) is 76.6 Å². The highest BCUT2D eigenvalue weighted by Gasteiger charge is 2.52. The quantitative estimate of drug-likeness (QED) is 0.641. The minimum Gasteiger partial charge on any atom is -0.389 e. The molecule has 3 rings (SSSR count). The first-order chi connectivity index (χ1) is 12.1. The van der Waals surface area contributed by atoms with Crippen LogP contribution in [0.25, 0.3) is 11.6 Å². The molecule has 0 amide bonds. The number of rotatable bonds is 3. The lowest BCUT2D eigenvalue weighted by Gasteiger charge is -2.53. The molecule has 0 bridgehead atoms. The fourth-order valence-corrected chi connectivity index (χ4v) is 4.64. The molecule has 1 aliphatic rings. The van der Waals surface area contributed by atoms with Gasteiger partial charge in [0.05, 0.1) is 5.60 Å². The Balaban J connectivity index is 2.12.